The Bertz CT molecular complexity index is 1340. The summed E-state index contributed by atoms with van der Waals surface area (Å²) in [5.41, 5.74) is 2.72. The summed E-state index contributed by atoms with van der Waals surface area (Å²) in [6.45, 7) is -2.36. The maximum absolute atomic E-state index is 14.1. The first-order valence-corrected chi connectivity index (χ1v) is 13.2. The van der Waals surface area contributed by atoms with Gasteiger partial charge < -0.3 is 0 Å². The maximum atomic E-state index is 14.1. The Morgan fingerprint density at radius 2 is 0.853 bits per heavy atom. The van der Waals surface area contributed by atoms with Gasteiger partial charge in [-0.2, -0.15) is 0 Å². The normalized spacial score (nSPS) is 11.1. The van der Waals surface area contributed by atoms with Crippen molar-refractivity contribution in [1.82, 2.24) is 0 Å². The van der Waals surface area contributed by atoms with Crippen LogP contribution in [0, 0.1) is 0 Å². The van der Waals surface area contributed by atoms with Gasteiger partial charge in [0.05, 0.1) is 0 Å². The van der Waals surface area contributed by atoms with Crippen LogP contribution in [0.2, 0.25) is 0 Å². The summed E-state index contributed by atoms with van der Waals surface area (Å²) in [7, 11) is 0. The number of hydrogen-bond donors (Lipinski definition) is 0. The monoisotopic (exact) mass is 456 g/mol. The number of benzene rings is 5. The van der Waals surface area contributed by atoms with Gasteiger partial charge in [-0.1, -0.05) is 146 Å². The lowest BCUT2D eigenvalue weighted by atomic mass is 9.98. The van der Waals surface area contributed by atoms with E-state index in [0.29, 0.717) is 0 Å². The van der Waals surface area contributed by atoms with Gasteiger partial charge in [-0.15, -0.1) is 0 Å². The van der Waals surface area contributed by atoms with Crippen molar-refractivity contribution < 1.29 is 4.79 Å². The summed E-state index contributed by atoms with van der Waals surface area (Å²) < 4.78 is 0. The molecule has 0 N–H and O–H groups in total. The second-order valence-corrected chi connectivity index (χ2v) is 11.4. The molecule has 0 aliphatic carbocycles. The molecular formula is C32H25OP. The van der Waals surface area contributed by atoms with Gasteiger partial charge in [0, 0.05) is 5.56 Å². The minimum Gasteiger partial charge on any atom is -0.289 e. The summed E-state index contributed by atoms with van der Waals surface area (Å²) in [6, 6.07) is 49.4. The summed E-state index contributed by atoms with van der Waals surface area (Å²) in [5, 5.41) is 3.49. The Hall–Kier alpha value is -3.93. The summed E-state index contributed by atoms with van der Waals surface area (Å²) in [4.78, 5) is 14.1. The molecule has 0 amide bonds. The van der Waals surface area contributed by atoms with E-state index in [0.717, 1.165) is 32.6 Å². The molecule has 164 valence electrons. The Labute approximate surface area is 201 Å². The maximum Gasteiger partial charge on any atom is 0.187 e. The average molecular weight is 457 g/mol. The third-order valence-corrected chi connectivity index (χ3v) is 10.0. The van der Waals surface area contributed by atoms with Gasteiger partial charge in [-0.3, -0.25) is 4.79 Å². The molecule has 1 nitrogen and oxygen atoms in total. The highest BCUT2D eigenvalue weighted by Crippen LogP contribution is 2.44. The fourth-order valence-corrected chi connectivity index (χ4v) is 8.23. The summed E-state index contributed by atoms with van der Waals surface area (Å²) in [5.74, 6) is 2.05. The Morgan fingerprint density at radius 1 is 0.471 bits per heavy atom. The zero-order chi connectivity index (χ0) is 23.2. The van der Waals surface area contributed by atoms with Crippen LogP contribution < -0.4 is 15.9 Å². The van der Waals surface area contributed by atoms with Crippen molar-refractivity contribution in [3.05, 3.63) is 151 Å². The van der Waals surface area contributed by atoms with Crippen LogP contribution in [0.4, 0.5) is 0 Å². The van der Waals surface area contributed by atoms with Crippen LogP contribution in [-0.4, -0.2) is 11.6 Å². The van der Waals surface area contributed by atoms with E-state index in [1.165, 1.54) is 0 Å². The predicted octanol–water partition coefficient (Wildman–Crippen LogP) is 6.33. The van der Waals surface area contributed by atoms with Crippen LogP contribution in [0.15, 0.2) is 146 Å². The molecule has 5 rings (SSSR count). The van der Waals surface area contributed by atoms with E-state index in [1.54, 1.807) is 0 Å². The lowest BCUT2D eigenvalue weighted by molar-refractivity contribution is 0.107. The van der Waals surface area contributed by atoms with Crippen molar-refractivity contribution in [2.24, 2.45) is 0 Å². The van der Waals surface area contributed by atoms with Crippen LogP contribution in [0.3, 0.4) is 0 Å². The number of carbonyl (C=O) groups excluding carboxylic acids is 1. The second-order valence-electron chi connectivity index (χ2n) is 8.13. The van der Waals surface area contributed by atoms with Crippen molar-refractivity contribution in [2.75, 3.05) is 0 Å². The minimum absolute atomic E-state index is 0.0457. The third-order valence-electron chi connectivity index (χ3n) is 6.08. The van der Waals surface area contributed by atoms with Gasteiger partial charge in [0.15, 0.2) is 5.78 Å². The molecule has 0 saturated heterocycles. The first kappa shape index (κ1) is 21.9. The van der Waals surface area contributed by atoms with Crippen LogP contribution in [0.25, 0.3) is 11.1 Å². The topological polar surface area (TPSA) is 17.1 Å². The lowest BCUT2D eigenvalue weighted by Crippen LogP contribution is -2.28. The molecule has 5 aromatic carbocycles. The highest BCUT2D eigenvalue weighted by molar-refractivity contribution is 7.95. The Morgan fingerprint density at radius 3 is 1.32 bits per heavy atom. The molecule has 0 unspecified atom stereocenters. The zero-order valence-electron chi connectivity index (χ0n) is 18.8. The third kappa shape index (κ3) is 4.19. The number of carbonyl (C=O) groups is 1. The molecule has 0 radical (unpaired) electrons. The van der Waals surface area contributed by atoms with Crippen LogP contribution >= 0.6 is 6.89 Å². The van der Waals surface area contributed by atoms with Gasteiger partial charge in [0.1, 0.15) is 0 Å². The van der Waals surface area contributed by atoms with Crippen molar-refractivity contribution >= 4 is 34.4 Å². The Kier molecular flexibility index (Phi) is 6.38. The summed E-state index contributed by atoms with van der Waals surface area (Å²) >= 11 is 0. The van der Waals surface area contributed by atoms with Crippen molar-refractivity contribution in [1.29, 1.82) is 0 Å². The van der Waals surface area contributed by atoms with Crippen LogP contribution in [0.5, 0.6) is 0 Å². The first-order valence-electron chi connectivity index (χ1n) is 11.4. The fourth-order valence-electron chi connectivity index (χ4n) is 4.47. The van der Waals surface area contributed by atoms with E-state index in [-0.39, 0.29) is 5.78 Å². The molecule has 0 aliphatic heterocycles. The lowest BCUT2D eigenvalue weighted by Gasteiger charge is -2.28. The number of ketones is 1. The minimum atomic E-state index is -2.36. The van der Waals surface area contributed by atoms with Crippen molar-refractivity contribution in [3.63, 3.8) is 0 Å². The van der Waals surface area contributed by atoms with E-state index in [1.807, 2.05) is 66.5 Å². The molecule has 0 atom stereocenters. The molecule has 0 aliphatic rings. The standard InChI is InChI=1S/C32H25OP/c33-32(31-24-14-13-23-30(31)26-15-5-1-6-16-26)25-34(27-17-7-2-8-18-27,28-19-9-3-10-20-28)29-21-11-4-12-22-29/h1-25H. The highest BCUT2D eigenvalue weighted by Gasteiger charge is 2.27. The molecule has 2 heteroatoms. The predicted molar refractivity (Wildman–Crippen MR) is 147 cm³/mol. The Balaban J connectivity index is 1.81. The van der Waals surface area contributed by atoms with E-state index in [9.17, 15) is 4.79 Å². The molecule has 0 heterocycles. The molecule has 34 heavy (non-hydrogen) atoms. The largest absolute Gasteiger partial charge is 0.289 e. The SMILES string of the molecule is O=C(C=P(c1ccccc1)(c1ccccc1)c1ccccc1)c1ccccc1-c1ccccc1. The molecule has 0 bridgehead atoms. The smallest absolute Gasteiger partial charge is 0.187 e. The van der Waals surface area contributed by atoms with Gasteiger partial charge >= 0.3 is 0 Å². The molecule has 0 fully saturated rings. The van der Waals surface area contributed by atoms with Gasteiger partial charge in [-0.05, 0) is 39.7 Å². The van der Waals surface area contributed by atoms with Gasteiger partial charge in [0.25, 0.3) is 0 Å². The van der Waals surface area contributed by atoms with E-state index >= 15 is 0 Å². The first-order chi connectivity index (χ1) is 16.8. The van der Waals surface area contributed by atoms with Gasteiger partial charge in [-0.25, -0.2) is 0 Å². The molecule has 0 saturated carbocycles. The van der Waals surface area contributed by atoms with E-state index in [4.69, 9.17) is 0 Å². The van der Waals surface area contributed by atoms with Crippen molar-refractivity contribution in [2.45, 2.75) is 0 Å². The molecule has 0 spiro atoms. The van der Waals surface area contributed by atoms with Gasteiger partial charge in [0.2, 0.25) is 0 Å². The average Bonchev–Trinajstić information content (AvgIpc) is 2.93. The highest BCUT2D eigenvalue weighted by atomic mass is 31.2. The van der Waals surface area contributed by atoms with E-state index < -0.39 is 6.89 Å². The molecular weight excluding hydrogens is 431 g/mol. The van der Waals surface area contributed by atoms with Crippen molar-refractivity contribution in [3.8, 4) is 11.1 Å². The summed E-state index contributed by atoms with van der Waals surface area (Å²) in [6.07, 6.45) is 0. The second kappa shape index (κ2) is 9.91. The number of hydrogen-bond acceptors (Lipinski definition) is 1. The number of rotatable bonds is 6. The van der Waals surface area contributed by atoms with E-state index in [2.05, 4.69) is 84.9 Å². The number of Topliss-reactive ketones (excluding diaryl/α,β-unsaturated/α-hetero) is 1. The molecule has 0 aromatic heterocycles. The molecule has 5 aromatic rings. The van der Waals surface area contributed by atoms with Crippen LogP contribution in [0.1, 0.15) is 10.4 Å². The quantitative estimate of drug-likeness (QED) is 0.215. The van der Waals surface area contributed by atoms with Crippen LogP contribution in [-0.2, 0) is 0 Å². The fraction of sp³-hybridized carbons (Fsp3) is 0. The zero-order valence-corrected chi connectivity index (χ0v) is 19.7.